The fourth-order valence-corrected chi connectivity index (χ4v) is 3.77. The van der Waals surface area contributed by atoms with Crippen LogP contribution < -0.4 is 5.32 Å². The third-order valence-corrected chi connectivity index (χ3v) is 5.64. The molecule has 0 saturated heterocycles. The predicted molar refractivity (Wildman–Crippen MR) is 109 cm³/mol. The number of nitrogens with one attached hydrogen (secondary N) is 1. The molecule has 0 saturated carbocycles. The van der Waals surface area contributed by atoms with Gasteiger partial charge in [0.1, 0.15) is 0 Å². The number of halogens is 2. The summed E-state index contributed by atoms with van der Waals surface area (Å²) in [5.74, 6) is 1.19. The third-order valence-electron chi connectivity index (χ3n) is 4.00. The van der Waals surface area contributed by atoms with Gasteiger partial charge < -0.3 is 9.88 Å². The van der Waals surface area contributed by atoms with E-state index in [4.69, 9.17) is 23.2 Å². The number of aromatic nitrogens is 3. The molecule has 5 nitrogen and oxygen atoms in total. The van der Waals surface area contributed by atoms with Crippen LogP contribution in [-0.2, 0) is 19.3 Å². The molecule has 140 valence electrons. The molecule has 0 spiro atoms. The maximum absolute atomic E-state index is 12.3. The second-order valence-corrected chi connectivity index (χ2v) is 7.83. The lowest BCUT2D eigenvalue weighted by Crippen LogP contribution is -2.24. The first-order valence-corrected chi connectivity index (χ1v) is 9.98. The Balaban J connectivity index is 1.60. The van der Waals surface area contributed by atoms with Crippen molar-refractivity contribution in [1.82, 2.24) is 20.1 Å². The first-order valence-electron chi connectivity index (χ1n) is 8.24. The van der Waals surface area contributed by atoms with Gasteiger partial charge in [-0.25, -0.2) is 0 Å². The van der Waals surface area contributed by atoms with E-state index in [9.17, 15) is 4.79 Å². The number of carbonyl (C=O) groups excluding carboxylic acids is 1. The number of hydrogen-bond acceptors (Lipinski definition) is 4. The second-order valence-electron chi connectivity index (χ2n) is 6.04. The van der Waals surface area contributed by atoms with Crippen LogP contribution in [0.5, 0.6) is 0 Å². The van der Waals surface area contributed by atoms with E-state index in [1.54, 1.807) is 30.0 Å². The van der Waals surface area contributed by atoms with Gasteiger partial charge in [0.15, 0.2) is 11.0 Å². The average molecular weight is 421 g/mol. The molecule has 0 aliphatic rings. The van der Waals surface area contributed by atoms with Crippen LogP contribution in [-0.4, -0.2) is 20.7 Å². The molecule has 0 radical (unpaired) electrons. The highest BCUT2D eigenvalue weighted by Gasteiger charge is 2.14. The zero-order chi connectivity index (χ0) is 19.4. The molecule has 0 aliphatic heterocycles. The van der Waals surface area contributed by atoms with Crippen molar-refractivity contribution >= 4 is 40.9 Å². The van der Waals surface area contributed by atoms with E-state index in [2.05, 4.69) is 46.7 Å². The summed E-state index contributed by atoms with van der Waals surface area (Å²) in [7, 11) is 1.88. The third kappa shape index (κ3) is 5.03. The number of nitrogens with zero attached hydrogens (tertiary/aromatic N) is 3. The van der Waals surface area contributed by atoms with Crippen molar-refractivity contribution < 1.29 is 4.79 Å². The van der Waals surface area contributed by atoms with Gasteiger partial charge in [-0.15, -0.1) is 10.2 Å². The van der Waals surface area contributed by atoms with Gasteiger partial charge in [-0.1, -0.05) is 64.8 Å². The summed E-state index contributed by atoms with van der Waals surface area (Å²) in [5.41, 5.74) is 2.83. The minimum Gasteiger partial charge on any atom is -0.345 e. The van der Waals surface area contributed by atoms with Gasteiger partial charge >= 0.3 is 0 Å². The van der Waals surface area contributed by atoms with Gasteiger partial charge in [-0.3, -0.25) is 4.79 Å². The van der Waals surface area contributed by atoms with Crippen molar-refractivity contribution in [1.29, 1.82) is 0 Å². The van der Waals surface area contributed by atoms with Crippen molar-refractivity contribution in [2.45, 2.75) is 24.4 Å². The first kappa shape index (κ1) is 19.7. The van der Waals surface area contributed by atoms with Crippen LogP contribution in [0.4, 0.5) is 0 Å². The van der Waals surface area contributed by atoms with Crippen LogP contribution in [0, 0.1) is 6.92 Å². The van der Waals surface area contributed by atoms with Crippen LogP contribution in [0.3, 0.4) is 0 Å². The number of benzene rings is 2. The molecule has 3 aromatic rings. The zero-order valence-corrected chi connectivity index (χ0v) is 17.2. The van der Waals surface area contributed by atoms with Crippen LogP contribution in [0.2, 0.25) is 10.0 Å². The van der Waals surface area contributed by atoms with E-state index < -0.39 is 0 Å². The Labute approximate surface area is 172 Å². The van der Waals surface area contributed by atoms with Crippen molar-refractivity contribution in [2.24, 2.45) is 7.05 Å². The Morgan fingerprint density at radius 3 is 2.59 bits per heavy atom. The van der Waals surface area contributed by atoms with Gasteiger partial charge in [0, 0.05) is 17.8 Å². The summed E-state index contributed by atoms with van der Waals surface area (Å²) in [6.07, 6.45) is 0. The molecule has 0 unspecified atom stereocenters. The molecule has 27 heavy (non-hydrogen) atoms. The molecular formula is C19H18Cl2N4OS. The average Bonchev–Trinajstić information content (AvgIpc) is 2.99. The lowest BCUT2D eigenvalue weighted by molar-refractivity contribution is 0.0949. The van der Waals surface area contributed by atoms with Gasteiger partial charge in [-0.05, 0) is 30.7 Å². The van der Waals surface area contributed by atoms with E-state index in [-0.39, 0.29) is 12.5 Å². The Kier molecular flexibility index (Phi) is 6.42. The molecule has 1 aromatic heterocycles. The topological polar surface area (TPSA) is 59.8 Å². The molecule has 0 atom stereocenters. The van der Waals surface area contributed by atoms with E-state index in [1.807, 2.05) is 11.6 Å². The van der Waals surface area contributed by atoms with Crippen molar-refractivity contribution in [3.63, 3.8) is 0 Å². The molecule has 2 aromatic carbocycles. The smallest absolute Gasteiger partial charge is 0.253 e. The summed E-state index contributed by atoms with van der Waals surface area (Å²) >= 11 is 13.5. The number of amides is 1. The highest BCUT2D eigenvalue weighted by Crippen LogP contribution is 2.22. The van der Waals surface area contributed by atoms with Crippen LogP contribution >= 0.6 is 35.0 Å². The molecule has 1 amide bonds. The van der Waals surface area contributed by atoms with Gasteiger partial charge in [0.25, 0.3) is 5.91 Å². The summed E-state index contributed by atoms with van der Waals surface area (Å²) < 4.78 is 1.88. The van der Waals surface area contributed by atoms with Crippen molar-refractivity contribution in [2.75, 3.05) is 0 Å². The lowest BCUT2D eigenvalue weighted by atomic mass is 10.2. The van der Waals surface area contributed by atoms with Gasteiger partial charge in [-0.2, -0.15) is 0 Å². The first-order chi connectivity index (χ1) is 12.9. The summed E-state index contributed by atoms with van der Waals surface area (Å²) in [6, 6.07) is 13.2. The number of hydrogen-bond donors (Lipinski definition) is 1. The van der Waals surface area contributed by atoms with Gasteiger partial charge in [0.2, 0.25) is 0 Å². The van der Waals surface area contributed by atoms with Gasteiger partial charge in [0.05, 0.1) is 17.1 Å². The molecular weight excluding hydrogens is 403 g/mol. The van der Waals surface area contributed by atoms with Crippen molar-refractivity contribution in [3.8, 4) is 0 Å². The SMILES string of the molecule is Cc1ccc(CSc2nnc(CNC(=O)c3ccc(Cl)cc3Cl)n2C)cc1. The quantitative estimate of drug-likeness (QED) is 0.589. The number of thioether (sulfide) groups is 1. The minimum absolute atomic E-state index is 0.256. The van der Waals surface area contributed by atoms with Crippen LogP contribution in [0.15, 0.2) is 47.6 Å². The molecule has 0 aliphatic carbocycles. The minimum atomic E-state index is -0.284. The van der Waals surface area contributed by atoms with E-state index >= 15 is 0 Å². The fraction of sp³-hybridized carbons (Fsp3) is 0.211. The number of rotatable bonds is 6. The second kappa shape index (κ2) is 8.78. The van der Waals surface area contributed by atoms with Crippen LogP contribution in [0.25, 0.3) is 0 Å². The van der Waals surface area contributed by atoms with Crippen molar-refractivity contribution in [3.05, 3.63) is 75.0 Å². The molecule has 1 heterocycles. The maximum Gasteiger partial charge on any atom is 0.253 e. The molecule has 1 N–H and O–H groups in total. The summed E-state index contributed by atoms with van der Waals surface area (Å²) in [6.45, 7) is 2.32. The monoisotopic (exact) mass is 420 g/mol. The number of carbonyl (C=O) groups is 1. The fourth-order valence-electron chi connectivity index (χ4n) is 2.39. The standard InChI is InChI=1S/C19H18Cl2N4OS/c1-12-3-5-13(6-4-12)11-27-19-24-23-17(25(19)2)10-22-18(26)15-8-7-14(20)9-16(15)21/h3-9H,10-11H2,1-2H3,(H,22,26). The van der Waals surface area contributed by atoms with E-state index in [0.29, 0.717) is 21.4 Å². The highest BCUT2D eigenvalue weighted by atomic mass is 35.5. The Morgan fingerprint density at radius 1 is 1.15 bits per heavy atom. The predicted octanol–water partition coefficient (Wildman–Crippen LogP) is 4.65. The van der Waals surface area contributed by atoms with Crippen LogP contribution in [0.1, 0.15) is 27.3 Å². The highest BCUT2D eigenvalue weighted by molar-refractivity contribution is 7.98. The molecule has 3 rings (SSSR count). The van der Waals surface area contributed by atoms with E-state index in [0.717, 1.165) is 10.9 Å². The Bertz CT molecular complexity index is 957. The Hall–Kier alpha value is -2.02. The normalized spacial score (nSPS) is 10.8. The number of aryl methyl sites for hydroxylation is 1. The molecule has 0 bridgehead atoms. The summed E-state index contributed by atoms with van der Waals surface area (Å²) in [4.78, 5) is 12.3. The summed E-state index contributed by atoms with van der Waals surface area (Å²) in [5, 5.41) is 12.8. The largest absolute Gasteiger partial charge is 0.345 e. The zero-order valence-electron chi connectivity index (χ0n) is 14.9. The molecule has 0 fully saturated rings. The molecule has 8 heteroatoms. The lowest BCUT2D eigenvalue weighted by Gasteiger charge is -2.07. The Morgan fingerprint density at radius 2 is 1.89 bits per heavy atom. The van der Waals surface area contributed by atoms with E-state index in [1.165, 1.54) is 11.1 Å². The maximum atomic E-state index is 12.3.